The molecule has 2 aromatic rings. The second kappa shape index (κ2) is 5.90. The van der Waals surface area contributed by atoms with Gasteiger partial charge in [-0.1, -0.05) is 29.3 Å². The van der Waals surface area contributed by atoms with E-state index in [4.69, 9.17) is 28.9 Å². The van der Waals surface area contributed by atoms with Crippen LogP contribution in [-0.4, -0.2) is 4.21 Å². The highest BCUT2D eigenvalue weighted by Gasteiger charge is 2.15. The van der Waals surface area contributed by atoms with Crippen molar-refractivity contribution in [1.82, 2.24) is 0 Å². The maximum absolute atomic E-state index is 13.6. The minimum absolute atomic E-state index is 0.0469. The van der Waals surface area contributed by atoms with Crippen LogP contribution in [0, 0.1) is 5.82 Å². The zero-order valence-electron chi connectivity index (χ0n) is 9.70. The van der Waals surface area contributed by atoms with Gasteiger partial charge in [0.15, 0.2) is 0 Å². The molecule has 0 aliphatic carbocycles. The largest absolute Gasteiger partial charge is 0.399 e. The molecule has 0 heterocycles. The quantitative estimate of drug-likeness (QED) is 0.869. The molecular formula is C13H10Cl2FNOS. The van der Waals surface area contributed by atoms with Crippen LogP contribution in [-0.2, 0) is 16.6 Å². The average Bonchev–Trinajstić information content (AvgIpc) is 2.37. The summed E-state index contributed by atoms with van der Waals surface area (Å²) in [5.74, 6) is -0.532. The Labute approximate surface area is 122 Å². The summed E-state index contributed by atoms with van der Waals surface area (Å²) in [5.41, 5.74) is 6.29. The smallest absolute Gasteiger partial charge is 0.128 e. The molecule has 0 bridgehead atoms. The van der Waals surface area contributed by atoms with Gasteiger partial charge in [-0.2, -0.15) is 0 Å². The lowest BCUT2D eigenvalue weighted by atomic mass is 10.2. The minimum atomic E-state index is -1.51. The van der Waals surface area contributed by atoms with Crippen molar-refractivity contribution in [2.45, 2.75) is 10.6 Å². The second-order valence-corrected chi connectivity index (χ2v) is 6.11. The highest BCUT2D eigenvalue weighted by molar-refractivity contribution is 7.84. The minimum Gasteiger partial charge on any atom is -0.399 e. The lowest BCUT2D eigenvalue weighted by Crippen LogP contribution is -2.01. The molecule has 0 amide bonds. The Morgan fingerprint density at radius 2 is 1.89 bits per heavy atom. The van der Waals surface area contributed by atoms with Gasteiger partial charge in [-0.05, 0) is 30.3 Å². The molecule has 0 aliphatic heterocycles. The monoisotopic (exact) mass is 317 g/mol. The number of anilines is 1. The Kier molecular flexibility index (Phi) is 4.45. The lowest BCUT2D eigenvalue weighted by molar-refractivity contribution is 0.615. The molecule has 2 aromatic carbocycles. The van der Waals surface area contributed by atoms with Gasteiger partial charge >= 0.3 is 0 Å². The summed E-state index contributed by atoms with van der Waals surface area (Å²) in [4.78, 5) is 0.376. The number of hydrogen-bond acceptors (Lipinski definition) is 2. The van der Waals surface area contributed by atoms with Gasteiger partial charge in [0, 0.05) is 16.3 Å². The van der Waals surface area contributed by atoms with E-state index in [1.165, 1.54) is 18.2 Å². The first-order valence-corrected chi connectivity index (χ1v) is 7.43. The fourth-order valence-corrected chi connectivity index (χ4v) is 3.52. The SMILES string of the molecule is Nc1ccc(Cl)c(S(=O)Cc2c(F)cccc2Cl)c1. The van der Waals surface area contributed by atoms with Crippen molar-refractivity contribution >= 4 is 39.7 Å². The van der Waals surface area contributed by atoms with Crippen LogP contribution >= 0.6 is 23.2 Å². The number of hydrogen-bond donors (Lipinski definition) is 1. The Morgan fingerprint density at radius 3 is 2.58 bits per heavy atom. The molecule has 19 heavy (non-hydrogen) atoms. The number of nitrogen functional groups attached to an aromatic ring is 1. The third-order valence-corrected chi connectivity index (χ3v) is 4.71. The van der Waals surface area contributed by atoms with E-state index < -0.39 is 16.6 Å². The predicted octanol–water partition coefficient (Wildman–Crippen LogP) is 4.02. The fourth-order valence-electron chi connectivity index (χ4n) is 1.57. The van der Waals surface area contributed by atoms with Crippen molar-refractivity contribution in [2.75, 3.05) is 5.73 Å². The van der Waals surface area contributed by atoms with E-state index in [1.807, 2.05) is 0 Å². The van der Waals surface area contributed by atoms with E-state index >= 15 is 0 Å². The number of benzene rings is 2. The van der Waals surface area contributed by atoms with E-state index in [2.05, 4.69) is 0 Å². The van der Waals surface area contributed by atoms with Crippen LogP contribution < -0.4 is 5.73 Å². The molecule has 0 fully saturated rings. The van der Waals surface area contributed by atoms with Crippen LogP contribution in [0.1, 0.15) is 5.56 Å². The van der Waals surface area contributed by atoms with Gasteiger partial charge in [-0.25, -0.2) is 4.39 Å². The molecule has 0 saturated heterocycles. The third kappa shape index (κ3) is 3.26. The summed E-state index contributed by atoms with van der Waals surface area (Å²) < 4.78 is 25.9. The molecule has 0 saturated carbocycles. The molecule has 0 radical (unpaired) electrons. The molecule has 0 aromatic heterocycles. The van der Waals surface area contributed by atoms with Crippen LogP contribution in [0.2, 0.25) is 10.0 Å². The van der Waals surface area contributed by atoms with Gasteiger partial charge in [0.05, 0.1) is 26.5 Å². The van der Waals surface area contributed by atoms with Crippen LogP contribution in [0.3, 0.4) is 0 Å². The molecule has 0 aliphatic rings. The first-order valence-electron chi connectivity index (χ1n) is 5.35. The number of nitrogens with two attached hydrogens (primary N) is 1. The second-order valence-electron chi connectivity index (χ2n) is 3.88. The third-order valence-electron chi connectivity index (χ3n) is 2.54. The Morgan fingerprint density at radius 1 is 1.16 bits per heavy atom. The van der Waals surface area contributed by atoms with E-state index in [1.54, 1.807) is 18.2 Å². The first-order chi connectivity index (χ1) is 8.99. The van der Waals surface area contributed by atoms with Crippen LogP contribution in [0.15, 0.2) is 41.3 Å². The standard InChI is InChI=1S/C13H10Cl2FNOS/c14-10-2-1-3-12(16)9(10)7-19(18)13-6-8(17)4-5-11(13)15/h1-6H,7,17H2. The highest BCUT2D eigenvalue weighted by atomic mass is 35.5. The summed E-state index contributed by atoms with van der Waals surface area (Å²) in [6.45, 7) is 0. The maximum atomic E-state index is 13.6. The summed E-state index contributed by atoms with van der Waals surface area (Å²) in [5, 5.41) is 0.577. The van der Waals surface area contributed by atoms with Crippen molar-refractivity contribution < 1.29 is 8.60 Å². The normalized spacial score (nSPS) is 12.4. The summed E-state index contributed by atoms with van der Waals surface area (Å²) in [6, 6.07) is 9.02. The van der Waals surface area contributed by atoms with Crippen LogP contribution in [0.4, 0.5) is 10.1 Å². The van der Waals surface area contributed by atoms with Crippen molar-refractivity contribution in [3.05, 3.63) is 57.8 Å². The van der Waals surface area contributed by atoms with Crippen molar-refractivity contribution in [3.63, 3.8) is 0 Å². The van der Waals surface area contributed by atoms with E-state index in [-0.39, 0.29) is 16.3 Å². The predicted molar refractivity (Wildman–Crippen MR) is 77.4 cm³/mol. The van der Waals surface area contributed by atoms with Gasteiger partial charge in [-0.15, -0.1) is 0 Å². The van der Waals surface area contributed by atoms with Crippen LogP contribution in [0.25, 0.3) is 0 Å². The fraction of sp³-hybridized carbons (Fsp3) is 0.0769. The molecule has 100 valence electrons. The molecule has 2 nitrogen and oxygen atoms in total. The summed E-state index contributed by atoms with van der Waals surface area (Å²) >= 11 is 11.9. The molecule has 2 N–H and O–H groups in total. The molecule has 6 heteroatoms. The highest BCUT2D eigenvalue weighted by Crippen LogP contribution is 2.27. The van der Waals surface area contributed by atoms with Gasteiger partial charge in [-0.3, -0.25) is 4.21 Å². The summed E-state index contributed by atoms with van der Waals surface area (Å²) in [6.07, 6.45) is 0. The van der Waals surface area contributed by atoms with Crippen LogP contribution in [0.5, 0.6) is 0 Å². The molecule has 0 spiro atoms. The average molecular weight is 318 g/mol. The Balaban J connectivity index is 2.34. The Hall–Kier alpha value is -1.10. The van der Waals surface area contributed by atoms with E-state index in [0.717, 1.165) is 0 Å². The van der Waals surface area contributed by atoms with Gasteiger partial charge in [0.1, 0.15) is 5.82 Å². The van der Waals surface area contributed by atoms with E-state index in [9.17, 15) is 8.60 Å². The van der Waals surface area contributed by atoms with Gasteiger partial charge < -0.3 is 5.73 Å². The topological polar surface area (TPSA) is 43.1 Å². The molecule has 2 rings (SSSR count). The molecule has 1 unspecified atom stereocenters. The van der Waals surface area contributed by atoms with Crippen molar-refractivity contribution in [3.8, 4) is 0 Å². The first kappa shape index (κ1) is 14.3. The maximum Gasteiger partial charge on any atom is 0.128 e. The zero-order valence-corrected chi connectivity index (χ0v) is 12.0. The molecular weight excluding hydrogens is 308 g/mol. The molecule has 1 atom stereocenters. The van der Waals surface area contributed by atoms with Gasteiger partial charge in [0.25, 0.3) is 0 Å². The van der Waals surface area contributed by atoms with Crippen molar-refractivity contribution in [1.29, 1.82) is 0 Å². The lowest BCUT2D eigenvalue weighted by Gasteiger charge is -2.08. The van der Waals surface area contributed by atoms with Gasteiger partial charge in [0.2, 0.25) is 0 Å². The summed E-state index contributed by atoms with van der Waals surface area (Å²) in [7, 11) is -1.51. The Bertz CT molecular complexity index is 628. The van der Waals surface area contributed by atoms with E-state index in [0.29, 0.717) is 15.6 Å². The van der Waals surface area contributed by atoms with Crippen molar-refractivity contribution in [2.24, 2.45) is 0 Å². The number of halogens is 3. The zero-order chi connectivity index (χ0) is 14.0. The number of rotatable bonds is 3.